The van der Waals surface area contributed by atoms with Gasteiger partial charge in [-0.15, -0.1) is 18.8 Å². The Balaban J connectivity index is 0.000000769. The van der Waals surface area contributed by atoms with E-state index in [2.05, 4.69) is 65.5 Å². The molecule has 1 aliphatic carbocycles. The number of carbonyl (C=O) groups is 1. The Hall–Kier alpha value is -2.19. The van der Waals surface area contributed by atoms with E-state index in [0.29, 0.717) is 0 Å². The molecule has 1 aliphatic rings. The molecular formula is C26H38O2. The summed E-state index contributed by atoms with van der Waals surface area (Å²) in [5.74, 6) is 5.14. The summed E-state index contributed by atoms with van der Waals surface area (Å²) in [5.41, 5.74) is 3.43. The minimum Gasteiger partial charge on any atom is -0.444 e. The fourth-order valence-corrected chi connectivity index (χ4v) is 3.26. The van der Waals surface area contributed by atoms with E-state index in [1.807, 2.05) is 19.9 Å². The van der Waals surface area contributed by atoms with Crippen LogP contribution in [0.5, 0.6) is 0 Å². The van der Waals surface area contributed by atoms with Crippen molar-refractivity contribution in [3.8, 4) is 24.7 Å². The quantitative estimate of drug-likeness (QED) is 0.286. The van der Waals surface area contributed by atoms with Crippen molar-refractivity contribution in [1.29, 1.82) is 0 Å². The van der Waals surface area contributed by atoms with Crippen LogP contribution in [-0.4, -0.2) is 12.1 Å². The largest absolute Gasteiger partial charge is 0.444 e. The number of rotatable bonds is 7. The zero-order valence-corrected chi connectivity index (χ0v) is 19.1. The summed E-state index contributed by atoms with van der Waals surface area (Å²) < 4.78 is 5.51. The third kappa shape index (κ3) is 8.22. The first-order chi connectivity index (χ1) is 13.1. The van der Waals surface area contributed by atoms with Crippen LogP contribution in [0.2, 0.25) is 0 Å². The van der Waals surface area contributed by atoms with E-state index in [4.69, 9.17) is 17.6 Å². The van der Waals surface area contributed by atoms with Crippen molar-refractivity contribution in [2.75, 3.05) is 0 Å². The molecule has 0 aromatic carbocycles. The van der Waals surface area contributed by atoms with Crippen LogP contribution in [0.25, 0.3) is 0 Å². The molecule has 0 spiro atoms. The molecule has 2 unspecified atom stereocenters. The molecule has 154 valence electrons. The topological polar surface area (TPSA) is 26.3 Å². The Labute approximate surface area is 173 Å². The van der Waals surface area contributed by atoms with Gasteiger partial charge in [-0.05, 0) is 57.4 Å². The molecule has 2 heteroatoms. The third-order valence-electron chi connectivity index (χ3n) is 4.94. The van der Waals surface area contributed by atoms with Crippen molar-refractivity contribution in [1.82, 2.24) is 0 Å². The Morgan fingerprint density at radius 2 is 1.68 bits per heavy atom. The highest BCUT2D eigenvalue weighted by Gasteiger charge is 2.61. The number of allylic oxidation sites excluding steroid dienone is 5. The van der Waals surface area contributed by atoms with Gasteiger partial charge in [0.2, 0.25) is 0 Å². The Bertz CT molecular complexity index is 685. The second-order valence-electron chi connectivity index (χ2n) is 8.25. The highest BCUT2D eigenvalue weighted by Crippen LogP contribution is 2.59. The molecule has 1 saturated carbocycles. The SMILES string of the molecule is C#CC(OC(=O)[C@@H]1C(C=C(C)C)C1(C)C)/C(C)=C/CC.C#CC/C(C)=C/CC. The first-order valence-corrected chi connectivity index (χ1v) is 10.1. The van der Waals surface area contributed by atoms with Crippen LogP contribution in [0.15, 0.2) is 34.9 Å². The lowest BCUT2D eigenvalue weighted by Crippen LogP contribution is -2.20. The number of esters is 1. The molecule has 0 aromatic heterocycles. The molecule has 0 saturated heterocycles. The van der Waals surface area contributed by atoms with Gasteiger partial charge < -0.3 is 4.74 Å². The van der Waals surface area contributed by atoms with Crippen LogP contribution >= 0.6 is 0 Å². The predicted octanol–water partition coefficient (Wildman–Crippen LogP) is 6.49. The average molecular weight is 383 g/mol. The molecule has 3 atom stereocenters. The molecule has 0 heterocycles. The van der Waals surface area contributed by atoms with Gasteiger partial charge in [-0.1, -0.05) is 63.0 Å². The van der Waals surface area contributed by atoms with Crippen molar-refractivity contribution in [3.05, 3.63) is 34.9 Å². The maximum absolute atomic E-state index is 12.3. The van der Waals surface area contributed by atoms with Crippen molar-refractivity contribution in [2.45, 2.75) is 80.8 Å². The van der Waals surface area contributed by atoms with Gasteiger partial charge in [0.25, 0.3) is 0 Å². The van der Waals surface area contributed by atoms with E-state index < -0.39 is 6.10 Å². The average Bonchev–Trinajstić information content (AvgIpc) is 3.13. The second kappa shape index (κ2) is 12.3. The Morgan fingerprint density at radius 3 is 2.11 bits per heavy atom. The number of terminal acetylenes is 2. The molecule has 1 rings (SSSR count). The monoisotopic (exact) mass is 382 g/mol. The summed E-state index contributed by atoms with van der Waals surface area (Å²) in [5, 5.41) is 0. The van der Waals surface area contributed by atoms with E-state index in [1.54, 1.807) is 0 Å². The van der Waals surface area contributed by atoms with Gasteiger partial charge in [-0.2, -0.15) is 0 Å². The summed E-state index contributed by atoms with van der Waals surface area (Å²) in [6, 6.07) is 0. The number of hydrogen-bond acceptors (Lipinski definition) is 2. The van der Waals surface area contributed by atoms with Crippen LogP contribution in [0, 0.1) is 41.9 Å². The Kier molecular flexibility index (Phi) is 11.3. The lowest BCUT2D eigenvalue weighted by Gasteiger charge is -2.13. The molecule has 0 aromatic rings. The molecule has 1 fully saturated rings. The van der Waals surface area contributed by atoms with E-state index in [9.17, 15) is 4.79 Å². The number of ether oxygens (including phenoxy) is 1. The zero-order valence-electron chi connectivity index (χ0n) is 19.1. The lowest BCUT2D eigenvalue weighted by molar-refractivity contribution is -0.147. The molecule has 0 bridgehead atoms. The van der Waals surface area contributed by atoms with Crippen LogP contribution in [0.3, 0.4) is 0 Å². The minimum atomic E-state index is -0.536. The molecule has 0 aliphatic heterocycles. The summed E-state index contributed by atoms with van der Waals surface area (Å²) in [7, 11) is 0. The van der Waals surface area contributed by atoms with E-state index in [1.165, 1.54) is 11.1 Å². The third-order valence-corrected chi connectivity index (χ3v) is 4.94. The fraction of sp³-hybridized carbons (Fsp3) is 0.577. The van der Waals surface area contributed by atoms with Crippen molar-refractivity contribution in [2.24, 2.45) is 17.3 Å². The van der Waals surface area contributed by atoms with Gasteiger partial charge in [0.1, 0.15) is 0 Å². The van der Waals surface area contributed by atoms with E-state index in [0.717, 1.165) is 24.8 Å². The number of carbonyl (C=O) groups excluding carboxylic acids is 1. The smallest absolute Gasteiger partial charge is 0.311 e. The minimum absolute atomic E-state index is 0.0319. The van der Waals surface area contributed by atoms with Crippen LogP contribution in [0.4, 0.5) is 0 Å². The molecule has 0 amide bonds. The summed E-state index contributed by atoms with van der Waals surface area (Å²) in [6.07, 6.45) is 19.1. The Morgan fingerprint density at radius 1 is 1.11 bits per heavy atom. The molecule has 0 radical (unpaired) electrons. The standard InChI is InChI=1S/C18H26O2.C8H12/c1-8-10-13(5)15(9-2)20-17(19)16-14(11-12(3)4)18(16,6)7;1-4-6-8(3)7-5-2/h2,10-11,14-16H,8H2,1,3-7H3;1,7H,5-6H2,2-3H3/b13-10+;8-7+/t14?,15?,16-;/m0./s1. The van der Waals surface area contributed by atoms with Gasteiger partial charge in [-0.3, -0.25) is 4.79 Å². The maximum Gasteiger partial charge on any atom is 0.311 e. The predicted molar refractivity (Wildman–Crippen MR) is 120 cm³/mol. The van der Waals surface area contributed by atoms with E-state index in [-0.39, 0.29) is 23.2 Å². The zero-order chi connectivity index (χ0) is 21.9. The highest BCUT2D eigenvalue weighted by atomic mass is 16.5. The molecule has 2 nitrogen and oxygen atoms in total. The van der Waals surface area contributed by atoms with Gasteiger partial charge in [0.05, 0.1) is 5.92 Å². The van der Waals surface area contributed by atoms with Crippen molar-refractivity contribution < 1.29 is 9.53 Å². The first kappa shape index (κ1) is 25.8. The first-order valence-electron chi connectivity index (χ1n) is 10.1. The molecule has 28 heavy (non-hydrogen) atoms. The number of hydrogen-bond donors (Lipinski definition) is 0. The lowest BCUT2D eigenvalue weighted by atomic mass is 10.1. The van der Waals surface area contributed by atoms with Gasteiger partial charge in [0, 0.05) is 6.42 Å². The highest BCUT2D eigenvalue weighted by molar-refractivity contribution is 5.79. The van der Waals surface area contributed by atoms with Crippen molar-refractivity contribution in [3.63, 3.8) is 0 Å². The van der Waals surface area contributed by atoms with Crippen LogP contribution in [-0.2, 0) is 9.53 Å². The summed E-state index contributed by atoms with van der Waals surface area (Å²) in [4.78, 5) is 12.3. The van der Waals surface area contributed by atoms with Gasteiger partial charge in [0.15, 0.2) is 6.10 Å². The van der Waals surface area contributed by atoms with E-state index >= 15 is 0 Å². The van der Waals surface area contributed by atoms with Gasteiger partial charge >= 0.3 is 5.97 Å². The summed E-state index contributed by atoms with van der Waals surface area (Å²) in [6.45, 7) is 16.4. The second-order valence-corrected chi connectivity index (χ2v) is 8.25. The fourth-order valence-electron chi connectivity index (χ4n) is 3.26. The maximum atomic E-state index is 12.3. The van der Waals surface area contributed by atoms with Gasteiger partial charge in [-0.25, -0.2) is 0 Å². The van der Waals surface area contributed by atoms with Crippen LogP contribution in [0.1, 0.15) is 74.7 Å². The van der Waals surface area contributed by atoms with Crippen LogP contribution < -0.4 is 0 Å². The normalized spacial score (nSPS) is 21.2. The molecular weight excluding hydrogens is 344 g/mol. The molecule has 0 N–H and O–H groups in total. The van der Waals surface area contributed by atoms with Crippen molar-refractivity contribution >= 4 is 5.97 Å². The summed E-state index contributed by atoms with van der Waals surface area (Å²) >= 11 is 0.